The largest absolute Gasteiger partial charge is 0.495 e. The van der Waals surface area contributed by atoms with Crippen molar-refractivity contribution in [2.45, 2.75) is 26.4 Å². The highest BCUT2D eigenvalue weighted by molar-refractivity contribution is 6.33. The molecule has 3 aromatic rings. The second-order valence-electron chi connectivity index (χ2n) is 7.36. The van der Waals surface area contributed by atoms with Crippen LogP contribution in [0.25, 0.3) is 11.5 Å². The molecule has 0 bridgehead atoms. The molecule has 0 spiro atoms. The Morgan fingerprint density at radius 3 is 2.81 bits per heavy atom. The maximum Gasteiger partial charge on any atom is 0.244 e. The molecule has 0 radical (unpaired) electrons. The molecule has 1 atom stereocenters. The number of nitrogens with zero attached hydrogens (tertiary/aromatic N) is 6. The van der Waals surface area contributed by atoms with Crippen LogP contribution in [0.1, 0.15) is 12.6 Å². The summed E-state index contributed by atoms with van der Waals surface area (Å²) in [5.74, 6) is 0.899. The van der Waals surface area contributed by atoms with Crippen LogP contribution in [0, 0.1) is 6.92 Å². The van der Waals surface area contributed by atoms with E-state index in [1.807, 2.05) is 36.9 Å². The van der Waals surface area contributed by atoms with Crippen LogP contribution in [0.5, 0.6) is 5.75 Å². The van der Waals surface area contributed by atoms with Crippen LogP contribution in [0.2, 0.25) is 10.0 Å². The molecule has 0 unspecified atom stereocenters. The van der Waals surface area contributed by atoms with Crippen LogP contribution in [-0.2, 0) is 11.3 Å². The lowest BCUT2D eigenvalue weighted by atomic mass is 10.1. The summed E-state index contributed by atoms with van der Waals surface area (Å²) in [7, 11) is 1.60. The number of amides is 1. The lowest BCUT2D eigenvalue weighted by molar-refractivity contribution is -0.134. The van der Waals surface area contributed by atoms with Gasteiger partial charge in [0.15, 0.2) is 5.69 Å². The van der Waals surface area contributed by atoms with Crippen LogP contribution >= 0.6 is 23.2 Å². The van der Waals surface area contributed by atoms with Crippen molar-refractivity contribution >= 4 is 34.8 Å². The van der Waals surface area contributed by atoms with E-state index < -0.39 is 0 Å². The van der Waals surface area contributed by atoms with Crippen molar-refractivity contribution in [3.8, 4) is 17.3 Å². The highest BCUT2D eigenvalue weighted by Gasteiger charge is 2.29. The first-order valence-corrected chi connectivity index (χ1v) is 10.5. The molecule has 3 heterocycles. The number of anilines is 1. The van der Waals surface area contributed by atoms with Crippen LogP contribution in [0.3, 0.4) is 0 Å². The fraction of sp³-hybridized carbons (Fsp3) is 0.400. The first-order chi connectivity index (χ1) is 14.9. The van der Waals surface area contributed by atoms with Crippen LogP contribution in [0.15, 0.2) is 29.1 Å². The van der Waals surface area contributed by atoms with E-state index in [9.17, 15) is 4.79 Å². The summed E-state index contributed by atoms with van der Waals surface area (Å²) in [6.07, 6.45) is 1.21. The van der Waals surface area contributed by atoms with E-state index in [0.29, 0.717) is 52.6 Å². The number of rotatable bonds is 5. The Morgan fingerprint density at radius 1 is 1.32 bits per heavy atom. The van der Waals surface area contributed by atoms with Crippen molar-refractivity contribution in [2.24, 2.45) is 0 Å². The molecule has 1 aromatic carbocycles. The van der Waals surface area contributed by atoms with Crippen molar-refractivity contribution < 1.29 is 14.1 Å². The van der Waals surface area contributed by atoms with Gasteiger partial charge >= 0.3 is 0 Å². The second-order valence-corrected chi connectivity index (χ2v) is 8.15. The van der Waals surface area contributed by atoms with Crippen molar-refractivity contribution in [3.63, 3.8) is 0 Å². The molecule has 1 aliphatic rings. The zero-order chi connectivity index (χ0) is 22.1. The Hall–Kier alpha value is -2.78. The minimum absolute atomic E-state index is 0.0194. The maximum atomic E-state index is 13.0. The number of ether oxygens (including phenoxy) is 1. The summed E-state index contributed by atoms with van der Waals surface area (Å²) >= 11 is 12.5. The first-order valence-electron chi connectivity index (χ1n) is 9.76. The average Bonchev–Trinajstić information content (AvgIpc) is 3.38. The molecular formula is C20H22Cl2N6O3. The van der Waals surface area contributed by atoms with Crippen molar-refractivity contribution in [2.75, 3.05) is 31.6 Å². The van der Waals surface area contributed by atoms with Crippen molar-refractivity contribution in [1.82, 2.24) is 24.8 Å². The number of methoxy groups -OCH3 is 1. The van der Waals surface area contributed by atoms with Gasteiger partial charge < -0.3 is 19.1 Å². The fourth-order valence-corrected chi connectivity index (χ4v) is 4.14. The summed E-state index contributed by atoms with van der Waals surface area (Å²) < 4.78 is 11.7. The monoisotopic (exact) mass is 464 g/mol. The third-order valence-electron chi connectivity index (χ3n) is 5.44. The quantitative estimate of drug-likeness (QED) is 0.571. The Bertz CT molecular complexity index is 1090. The highest BCUT2D eigenvalue weighted by Crippen LogP contribution is 2.31. The zero-order valence-corrected chi connectivity index (χ0v) is 18.9. The minimum atomic E-state index is -0.0252. The summed E-state index contributed by atoms with van der Waals surface area (Å²) in [4.78, 5) is 21.1. The number of halogens is 2. The lowest BCUT2D eigenvalue weighted by Gasteiger charge is -2.41. The standard InChI is InChI=1S/C20H22Cl2N6O3/c1-12-9-26(14-4-5-15(21)16(8-14)30-3)6-7-27(12)17(29)10-28-13(2)18(22)19(24-28)20-23-11-31-25-20/h4-5,8,11-12H,6-7,9-10H2,1-3H3/t12-/m0/s1. The number of hydrogen-bond donors (Lipinski definition) is 0. The number of carbonyl (C=O) groups excluding carboxylic acids is 1. The number of carbonyl (C=O) groups is 1. The number of benzene rings is 1. The zero-order valence-electron chi connectivity index (χ0n) is 17.4. The third kappa shape index (κ3) is 4.20. The highest BCUT2D eigenvalue weighted by atomic mass is 35.5. The van der Waals surface area contributed by atoms with E-state index in [1.54, 1.807) is 11.8 Å². The molecule has 164 valence electrons. The van der Waals surface area contributed by atoms with E-state index in [2.05, 4.69) is 20.1 Å². The molecule has 2 aromatic heterocycles. The van der Waals surface area contributed by atoms with Crippen molar-refractivity contribution in [3.05, 3.63) is 40.3 Å². The van der Waals surface area contributed by atoms with Gasteiger partial charge in [0.2, 0.25) is 18.1 Å². The van der Waals surface area contributed by atoms with Crippen LogP contribution in [-0.4, -0.2) is 63.5 Å². The summed E-state index contributed by atoms with van der Waals surface area (Å²) in [5.41, 5.74) is 2.09. The molecule has 0 saturated carbocycles. The van der Waals surface area contributed by atoms with Crippen molar-refractivity contribution in [1.29, 1.82) is 0 Å². The molecule has 0 N–H and O–H groups in total. The van der Waals surface area contributed by atoms with Gasteiger partial charge in [-0.25, -0.2) is 0 Å². The predicted octanol–water partition coefficient (Wildman–Crippen LogP) is 3.29. The molecule has 31 heavy (non-hydrogen) atoms. The third-order valence-corrected chi connectivity index (χ3v) is 6.20. The fourth-order valence-electron chi connectivity index (χ4n) is 3.72. The summed E-state index contributed by atoms with van der Waals surface area (Å²) in [6.45, 7) is 5.92. The molecule has 1 aliphatic heterocycles. The normalized spacial score (nSPS) is 16.6. The Labute approximate surface area is 189 Å². The van der Waals surface area contributed by atoms with Gasteiger partial charge in [0.25, 0.3) is 0 Å². The van der Waals surface area contributed by atoms with E-state index in [0.717, 1.165) is 5.69 Å². The van der Waals surface area contributed by atoms with E-state index in [-0.39, 0.29) is 18.5 Å². The molecule has 0 aliphatic carbocycles. The Kier molecular flexibility index (Phi) is 6.06. The smallest absolute Gasteiger partial charge is 0.244 e. The van der Waals surface area contributed by atoms with Gasteiger partial charge in [0.1, 0.15) is 12.3 Å². The van der Waals surface area contributed by atoms with Gasteiger partial charge in [0, 0.05) is 37.4 Å². The first kappa shape index (κ1) is 21.5. The Morgan fingerprint density at radius 2 is 2.13 bits per heavy atom. The second kappa shape index (κ2) is 8.76. The molecule has 11 heteroatoms. The molecule has 1 fully saturated rings. The van der Waals surface area contributed by atoms with Gasteiger partial charge in [0.05, 0.1) is 22.8 Å². The van der Waals surface area contributed by atoms with Gasteiger partial charge in [-0.3, -0.25) is 9.48 Å². The molecule has 9 nitrogen and oxygen atoms in total. The molecule has 1 saturated heterocycles. The average molecular weight is 465 g/mol. The molecule has 4 rings (SSSR count). The number of aromatic nitrogens is 4. The van der Waals surface area contributed by atoms with E-state index >= 15 is 0 Å². The van der Waals surface area contributed by atoms with Gasteiger partial charge in [-0.2, -0.15) is 10.1 Å². The van der Waals surface area contributed by atoms with Crippen LogP contribution in [0.4, 0.5) is 5.69 Å². The molecule has 1 amide bonds. The van der Waals surface area contributed by atoms with Gasteiger partial charge in [-0.15, -0.1) is 0 Å². The number of piperazine rings is 1. The Balaban J connectivity index is 1.45. The lowest BCUT2D eigenvalue weighted by Crippen LogP contribution is -2.54. The van der Waals surface area contributed by atoms with Gasteiger partial charge in [-0.05, 0) is 26.0 Å². The van der Waals surface area contributed by atoms with Crippen LogP contribution < -0.4 is 9.64 Å². The minimum Gasteiger partial charge on any atom is -0.495 e. The maximum absolute atomic E-state index is 13.0. The van der Waals surface area contributed by atoms with E-state index in [4.69, 9.17) is 32.5 Å². The predicted molar refractivity (Wildman–Crippen MR) is 117 cm³/mol. The van der Waals surface area contributed by atoms with Gasteiger partial charge in [-0.1, -0.05) is 28.4 Å². The summed E-state index contributed by atoms with van der Waals surface area (Å²) in [5, 5.41) is 9.17. The topological polar surface area (TPSA) is 89.5 Å². The molecular weight excluding hydrogens is 443 g/mol. The summed E-state index contributed by atoms with van der Waals surface area (Å²) in [6, 6.07) is 5.72. The SMILES string of the molecule is COc1cc(N2CCN(C(=O)Cn3nc(-c4ncon4)c(Cl)c3C)[C@@H](C)C2)ccc1Cl. The number of hydrogen-bond acceptors (Lipinski definition) is 7. The van der Waals surface area contributed by atoms with E-state index in [1.165, 1.54) is 6.39 Å².